The average molecular weight is 216 g/mol. The van der Waals surface area contributed by atoms with Crippen LogP contribution in [0, 0.1) is 5.92 Å². The third-order valence-electron chi connectivity index (χ3n) is 2.43. The summed E-state index contributed by atoms with van der Waals surface area (Å²) in [5.74, 6) is -1.78. The van der Waals surface area contributed by atoms with Crippen molar-refractivity contribution in [1.29, 1.82) is 0 Å². The van der Waals surface area contributed by atoms with E-state index >= 15 is 0 Å². The summed E-state index contributed by atoms with van der Waals surface area (Å²) in [6, 6.07) is -0.402. The van der Waals surface area contributed by atoms with Crippen molar-refractivity contribution in [1.82, 2.24) is 10.6 Å². The highest BCUT2D eigenvalue weighted by molar-refractivity contribution is 5.82. The highest BCUT2D eigenvalue weighted by Crippen LogP contribution is 2.06. The summed E-state index contributed by atoms with van der Waals surface area (Å²) in [6.45, 7) is 2.05. The maximum atomic E-state index is 11.4. The number of aliphatic carboxylic acids is 1. The summed E-state index contributed by atoms with van der Waals surface area (Å²) >= 11 is 0. The first kappa shape index (κ1) is 11.9. The zero-order valence-corrected chi connectivity index (χ0v) is 8.56. The minimum absolute atomic E-state index is 0.114. The van der Waals surface area contributed by atoms with Gasteiger partial charge in [-0.25, -0.2) is 0 Å². The molecule has 15 heavy (non-hydrogen) atoms. The molecule has 1 heterocycles. The first-order valence-corrected chi connectivity index (χ1v) is 4.92. The Kier molecular flexibility index (Phi) is 4.05. The number of hydrogen-bond donors (Lipinski definition) is 4. The molecule has 6 nitrogen and oxygen atoms in total. The number of rotatable bonds is 4. The van der Waals surface area contributed by atoms with Gasteiger partial charge >= 0.3 is 5.97 Å². The summed E-state index contributed by atoms with van der Waals surface area (Å²) in [5.41, 5.74) is 0. The molecule has 3 atom stereocenters. The molecular weight excluding hydrogens is 200 g/mol. The van der Waals surface area contributed by atoms with Gasteiger partial charge in [-0.2, -0.15) is 0 Å². The molecule has 3 unspecified atom stereocenters. The van der Waals surface area contributed by atoms with Gasteiger partial charge in [0.25, 0.3) is 0 Å². The highest BCUT2D eigenvalue weighted by atomic mass is 16.4. The molecule has 0 aliphatic carbocycles. The SMILES string of the molecule is CC(CNC(=O)C1CC(O)CN1)C(=O)O. The Morgan fingerprint density at radius 1 is 1.60 bits per heavy atom. The predicted octanol–water partition coefficient (Wildman–Crippen LogP) is -1.45. The maximum Gasteiger partial charge on any atom is 0.308 e. The highest BCUT2D eigenvalue weighted by Gasteiger charge is 2.28. The smallest absolute Gasteiger partial charge is 0.308 e. The van der Waals surface area contributed by atoms with Crippen molar-refractivity contribution in [3.8, 4) is 0 Å². The summed E-state index contributed by atoms with van der Waals surface area (Å²) in [7, 11) is 0. The quantitative estimate of drug-likeness (QED) is 0.460. The molecule has 1 aliphatic heterocycles. The Morgan fingerprint density at radius 3 is 2.73 bits per heavy atom. The van der Waals surface area contributed by atoms with Crippen LogP contribution >= 0.6 is 0 Å². The van der Waals surface area contributed by atoms with Crippen molar-refractivity contribution in [3.63, 3.8) is 0 Å². The van der Waals surface area contributed by atoms with Crippen LogP contribution in [-0.2, 0) is 9.59 Å². The fourth-order valence-corrected chi connectivity index (χ4v) is 1.38. The second-order valence-electron chi connectivity index (χ2n) is 3.83. The molecule has 4 N–H and O–H groups in total. The normalized spacial score (nSPS) is 27.3. The molecule has 0 saturated carbocycles. The van der Waals surface area contributed by atoms with E-state index in [4.69, 9.17) is 5.11 Å². The van der Waals surface area contributed by atoms with Crippen molar-refractivity contribution >= 4 is 11.9 Å². The molecule has 0 aromatic heterocycles. The van der Waals surface area contributed by atoms with Gasteiger partial charge in [-0.3, -0.25) is 9.59 Å². The van der Waals surface area contributed by atoms with Gasteiger partial charge in [0.2, 0.25) is 5.91 Å². The van der Waals surface area contributed by atoms with E-state index in [1.54, 1.807) is 0 Å². The molecule has 1 rings (SSSR count). The molecule has 0 bridgehead atoms. The summed E-state index contributed by atoms with van der Waals surface area (Å²) in [5, 5.41) is 23.2. The number of nitrogens with one attached hydrogen (secondary N) is 2. The van der Waals surface area contributed by atoms with Crippen LogP contribution in [0.15, 0.2) is 0 Å². The van der Waals surface area contributed by atoms with E-state index in [-0.39, 0.29) is 12.5 Å². The van der Waals surface area contributed by atoms with E-state index in [0.29, 0.717) is 13.0 Å². The number of aliphatic hydroxyl groups excluding tert-OH is 1. The van der Waals surface area contributed by atoms with Gasteiger partial charge < -0.3 is 20.8 Å². The molecule has 1 amide bonds. The number of carbonyl (C=O) groups is 2. The van der Waals surface area contributed by atoms with Crippen LogP contribution in [0.25, 0.3) is 0 Å². The van der Waals surface area contributed by atoms with Gasteiger partial charge in [-0.15, -0.1) is 0 Å². The van der Waals surface area contributed by atoms with Gasteiger partial charge in [-0.05, 0) is 6.42 Å². The lowest BCUT2D eigenvalue weighted by atomic mass is 10.1. The van der Waals surface area contributed by atoms with Crippen LogP contribution < -0.4 is 10.6 Å². The van der Waals surface area contributed by atoms with Crippen LogP contribution in [0.2, 0.25) is 0 Å². The Balaban J connectivity index is 2.27. The van der Waals surface area contributed by atoms with Crippen LogP contribution in [0.3, 0.4) is 0 Å². The largest absolute Gasteiger partial charge is 0.481 e. The fraction of sp³-hybridized carbons (Fsp3) is 0.778. The van der Waals surface area contributed by atoms with E-state index in [1.165, 1.54) is 6.92 Å². The summed E-state index contributed by atoms with van der Waals surface area (Å²) < 4.78 is 0. The molecule has 0 aromatic carbocycles. The van der Waals surface area contributed by atoms with Gasteiger partial charge in [0.1, 0.15) is 0 Å². The lowest BCUT2D eigenvalue weighted by molar-refractivity contribution is -0.141. The van der Waals surface area contributed by atoms with Crippen LogP contribution in [0.4, 0.5) is 0 Å². The minimum atomic E-state index is -0.935. The van der Waals surface area contributed by atoms with Crippen LogP contribution in [0.1, 0.15) is 13.3 Å². The molecule has 86 valence electrons. The molecule has 1 aliphatic rings. The van der Waals surface area contributed by atoms with Crippen LogP contribution in [-0.4, -0.2) is 47.3 Å². The second kappa shape index (κ2) is 5.09. The van der Waals surface area contributed by atoms with E-state index in [1.807, 2.05) is 0 Å². The minimum Gasteiger partial charge on any atom is -0.481 e. The third-order valence-corrected chi connectivity index (χ3v) is 2.43. The Labute approximate surface area is 87.7 Å². The van der Waals surface area contributed by atoms with Crippen LogP contribution in [0.5, 0.6) is 0 Å². The van der Waals surface area contributed by atoms with E-state index < -0.39 is 24.0 Å². The molecule has 6 heteroatoms. The van der Waals surface area contributed by atoms with Crippen molar-refractivity contribution in [2.75, 3.05) is 13.1 Å². The zero-order valence-electron chi connectivity index (χ0n) is 8.56. The van der Waals surface area contributed by atoms with Gasteiger partial charge in [0, 0.05) is 13.1 Å². The molecule has 1 fully saturated rings. The second-order valence-corrected chi connectivity index (χ2v) is 3.83. The first-order chi connectivity index (χ1) is 7.00. The fourth-order valence-electron chi connectivity index (χ4n) is 1.38. The Morgan fingerprint density at radius 2 is 2.27 bits per heavy atom. The van der Waals surface area contributed by atoms with E-state index in [2.05, 4.69) is 10.6 Å². The third kappa shape index (κ3) is 3.49. The number of carbonyl (C=O) groups excluding carboxylic acids is 1. The van der Waals surface area contributed by atoms with Gasteiger partial charge in [0.05, 0.1) is 18.1 Å². The number of carboxylic acids is 1. The number of hydrogen-bond acceptors (Lipinski definition) is 4. The Hall–Kier alpha value is -1.14. The Bertz CT molecular complexity index is 256. The molecule has 0 radical (unpaired) electrons. The topological polar surface area (TPSA) is 98.7 Å². The van der Waals surface area contributed by atoms with Crippen molar-refractivity contribution in [2.24, 2.45) is 5.92 Å². The molecule has 0 aromatic rings. The summed E-state index contributed by atoms with van der Waals surface area (Å²) in [4.78, 5) is 21.9. The van der Waals surface area contributed by atoms with E-state index in [9.17, 15) is 14.7 Å². The first-order valence-electron chi connectivity index (χ1n) is 4.92. The van der Waals surface area contributed by atoms with Gasteiger partial charge in [0.15, 0.2) is 0 Å². The van der Waals surface area contributed by atoms with E-state index in [0.717, 1.165) is 0 Å². The number of amides is 1. The number of β-amino-alcohol motifs (C(OH)–C–C–N with tert-alkyl or cyclic N) is 1. The van der Waals surface area contributed by atoms with Crippen molar-refractivity contribution in [2.45, 2.75) is 25.5 Å². The van der Waals surface area contributed by atoms with Crippen molar-refractivity contribution < 1.29 is 19.8 Å². The lowest BCUT2D eigenvalue weighted by Crippen LogP contribution is -2.42. The predicted molar refractivity (Wildman–Crippen MR) is 52.2 cm³/mol. The molecular formula is C9H16N2O4. The zero-order chi connectivity index (χ0) is 11.4. The monoisotopic (exact) mass is 216 g/mol. The van der Waals surface area contributed by atoms with Gasteiger partial charge in [-0.1, -0.05) is 6.92 Å². The maximum absolute atomic E-state index is 11.4. The average Bonchev–Trinajstić information content (AvgIpc) is 2.60. The number of aliphatic hydroxyl groups is 1. The standard InChI is InChI=1S/C9H16N2O4/c1-5(9(14)15)3-11-8(13)7-2-6(12)4-10-7/h5-7,10,12H,2-4H2,1H3,(H,11,13)(H,14,15). The van der Waals surface area contributed by atoms with Crippen molar-refractivity contribution in [3.05, 3.63) is 0 Å². The summed E-state index contributed by atoms with van der Waals surface area (Å²) in [6.07, 6.45) is -0.106. The molecule has 0 spiro atoms. The number of carboxylic acid groups (broad SMARTS) is 1. The lowest BCUT2D eigenvalue weighted by Gasteiger charge is -2.12. The molecule has 1 saturated heterocycles.